The fraction of sp³-hybridized carbons (Fsp3) is 0.190. The fourth-order valence-electron chi connectivity index (χ4n) is 3.41. The van der Waals surface area contributed by atoms with Gasteiger partial charge in [-0.05, 0) is 53.2 Å². The summed E-state index contributed by atoms with van der Waals surface area (Å²) in [5, 5.41) is 4.54. The van der Waals surface area contributed by atoms with Crippen LogP contribution in [-0.4, -0.2) is 38.9 Å². The first-order valence-corrected chi connectivity index (χ1v) is 10.6. The number of carbonyl (C=O) groups excluding carboxylic acids is 2. The molecule has 3 aromatic rings. The van der Waals surface area contributed by atoms with Crippen LogP contribution >= 0.6 is 35.8 Å². The van der Waals surface area contributed by atoms with E-state index in [2.05, 4.69) is 5.10 Å². The minimum absolute atomic E-state index is 0. The van der Waals surface area contributed by atoms with Crippen LogP contribution in [0.15, 0.2) is 47.5 Å². The van der Waals surface area contributed by atoms with Crippen LogP contribution < -0.4 is 5.73 Å². The van der Waals surface area contributed by atoms with Gasteiger partial charge in [-0.15, -0.1) is 12.4 Å². The second-order valence-electron chi connectivity index (χ2n) is 7.04. The van der Waals surface area contributed by atoms with E-state index in [4.69, 9.17) is 17.3 Å². The van der Waals surface area contributed by atoms with Crippen molar-refractivity contribution in [2.24, 2.45) is 5.73 Å². The van der Waals surface area contributed by atoms with Crippen LogP contribution in [0.1, 0.15) is 16.7 Å². The third-order valence-electron chi connectivity index (χ3n) is 4.89. The normalized spacial score (nSPS) is 15.5. The molecule has 1 aromatic heterocycles. The predicted molar refractivity (Wildman–Crippen MR) is 124 cm³/mol. The number of aromatic nitrogens is 2. The third kappa shape index (κ3) is 5.19. The van der Waals surface area contributed by atoms with Crippen LogP contribution in [0.25, 0.3) is 17.0 Å². The minimum atomic E-state index is -4.54. The molecule has 174 valence electrons. The number of nitrogens with zero attached hydrogens (tertiary/aromatic N) is 3. The van der Waals surface area contributed by atoms with Gasteiger partial charge in [0.1, 0.15) is 0 Å². The van der Waals surface area contributed by atoms with Crippen LogP contribution in [0, 0.1) is 0 Å². The van der Waals surface area contributed by atoms with E-state index in [0.29, 0.717) is 16.5 Å². The summed E-state index contributed by atoms with van der Waals surface area (Å²) in [4.78, 5) is 25.7. The summed E-state index contributed by atoms with van der Waals surface area (Å²) < 4.78 is 41.6. The SMILES string of the molecule is Cl.NCCN1C(=O)S/C(=C\c2ccc3c(cnn3Cc3ccc(Cl)cc3C(F)(F)F)c2)C1=O. The summed E-state index contributed by atoms with van der Waals surface area (Å²) in [7, 11) is 0. The summed E-state index contributed by atoms with van der Waals surface area (Å²) >= 11 is 6.59. The lowest BCUT2D eigenvalue weighted by molar-refractivity contribution is -0.138. The number of imide groups is 1. The Bertz CT molecular complexity index is 1260. The fourth-order valence-corrected chi connectivity index (χ4v) is 4.44. The molecule has 0 saturated carbocycles. The first-order valence-electron chi connectivity index (χ1n) is 9.44. The molecule has 1 aliphatic rings. The van der Waals surface area contributed by atoms with Gasteiger partial charge in [-0.25, -0.2) is 0 Å². The average molecular weight is 517 g/mol. The molecule has 33 heavy (non-hydrogen) atoms. The van der Waals surface area contributed by atoms with E-state index in [1.165, 1.54) is 23.0 Å². The van der Waals surface area contributed by atoms with Crippen molar-refractivity contribution >= 4 is 63.9 Å². The lowest BCUT2D eigenvalue weighted by Gasteiger charge is -2.14. The number of hydrogen-bond acceptors (Lipinski definition) is 5. The lowest BCUT2D eigenvalue weighted by Crippen LogP contribution is -2.33. The van der Waals surface area contributed by atoms with Gasteiger partial charge in [0, 0.05) is 23.5 Å². The number of nitrogens with two attached hydrogens (primary N) is 1. The molecule has 12 heteroatoms. The molecule has 1 saturated heterocycles. The van der Waals surface area contributed by atoms with Crippen molar-refractivity contribution in [2.75, 3.05) is 13.1 Å². The van der Waals surface area contributed by atoms with Gasteiger partial charge in [-0.3, -0.25) is 19.2 Å². The smallest absolute Gasteiger partial charge is 0.329 e. The maximum atomic E-state index is 13.4. The van der Waals surface area contributed by atoms with Gasteiger partial charge in [0.25, 0.3) is 11.1 Å². The Morgan fingerprint density at radius 1 is 1.15 bits per heavy atom. The molecule has 2 N–H and O–H groups in total. The monoisotopic (exact) mass is 516 g/mol. The molecule has 0 bridgehead atoms. The molecule has 2 heterocycles. The Kier molecular flexibility index (Phi) is 7.42. The Hall–Kier alpha value is -2.53. The Balaban J connectivity index is 0.00000306. The highest BCUT2D eigenvalue weighted by molar-refractivity contribution is 8.18. The van der Waals surface area contributed by atoms with Crippen LogP contribution in [0.3, 0.4) is 0 Å². The highest BCUT2D eigenvalue weighted by Crippen LogP contribution is 2.35. The molecule has 0 unspecified atom stereocenters. The molecule has 0 spiro atoms. The van der Waals surface area contributed by atoms with Gasteiger partial charge in [0.2, 0.25) is 0 Å². The quantitative estimate of drug-likeness (QED) is 0.473. The van der Waals surface area contributed by atoms with E-state index in [0.717, 1.165) is 22.7 Å². The highest BCUT2D eigenvalue weighted by Gasteiger charge is 2.35. The third-order valence-corrected chi connectivity index (χ3v) is 6.03. The number of halogens is 5. The molecule has 2 amide bonds. The molecule has 4 rings (SSSR count). The Morgan fingerprint density at radius 3 is 2.61 bits per heavy atom. The molecule has 1 fully saturated rings. The molecule has 0 atom stereocenters. The average Bonchev–Trinajstić information content (AvgIpc) is 3.24. The first kappa shape index (κ1) is 25.1. The van der Waals surface area contributed by atoms with E-state index in [1.54, 1.807) is 24.3 Å². The number of rotatable bonds is 5. The molecular weight excluding hydrogens is 500 g/mol. The lowest BCUT2D eigenvalue weighted by atomic mass is 10.1. The van der Waals surface area contributed by atoms with Crippen LogP contribution in [0.2, 0.25) is 5.02 Å². The van der Waals surface area contributed by atoms with E-state index in [-0.39, 0.29) is 52.8 Å². The topological polar surface area (TPSA) is 81.2 Å². The van der Waals surface area contributed by atoms with Crippen molar-refractivity contribution in [3.63, 3.8) is 0 Å². The van der Waals surface area contributed by atoms with Gasteiger partial charge >= 0.3 is 6.18 Å². The van der Waals surface area contributed by atoms with Crippen molar-refractivity contribution in [3.8, 4) is 0 Å². The van der Waals surface area contributed by atoms with Crippen molar-refractivity contribution in [2.45, 2.75) is 12.7 Å². The zero-order valence-electron chi connectivity index (χ0n) is 16.8. The number of fused-ring (bicyclic) bond motifs is 1. The van der Waals surface area contributed by atoms with Crippen LogP contribution in [-0.2, 0) is 17.5 Å². The van der Waals surface area contributed by atoms with Gasteiger partial charge < -0.3 is 5.73 Å². The van der Waals surface area contributed by atoms with Gasteiger partial charge in [-0.1, -0.05) is 23.7 Å². The number of amides is 2. The Labute approximate surface area is 202 Å². The second-order valence-corrected chi connectivity index (χ2v) is 8.47. The molecule has 1 aliphatic heterocycles. The van der Waals surface area contributed by atoms with Crippen molar-refractivity contribution in [3.05, 3.63) is 69.2 Å². The molecule has 0 aliphatic carbocycles. The first-order chi connectivity index (χ1) is 15.2. The highest BCUT2D eigenvalue weighted by atomic mass is 35.5. The molecule has 2 aromatic carbocycles. The number of benzene rings is 2. The molecule has 0 radical (unpaired) electrons. The standard InChI is InChI=1S/C21H16ClF3N4O2S.ClH/c22-15-3-2-13(16(9-15)21(23,24)25)11-29-17-4-1-12(7-14(17)10-27-29)8-18-19(30)28(6-5-26)20(31)32-18;/h1-4,7-10H,5-6,11,26H2;1H/b18-8-;. The second kappa shape index (κ2) is 9.76. The number of alkyl halides is 3. The zero-order valence-corrected chi connectivity index (χ0v) is 19.2. The van der Waals surface area contributed by atoms with E-state index in [9.17, 15) is 22.8 Å². The van der Waals surface area contributed by atoms with E-state index < -0.39 is 17.6 Å². The molecular formula is C21H17Cl2F3N4O2S. The zero-order chi connectivity index (χ0) is 23.0. The summed E-state index contributed by atoms with van der Waals surface area (Å²) in [5.74, 6) is -0.399. The van der Waals surface area contributed by atoms with Crippen molar-refractivity contribution in [1.29, 1.82) is 0 Å². The maximum absolute atomic E-state index is 13.4. The minimum Gasteiger partial charge on any atom is -0.329 e. The van der Waals surface area contributed by atoms with Crippen LogP contribution in [0.4, 0.5) is 18.0 Å². The van der Waals surface area contributed by atoms with Crippen molar-refractivity contribution < 1.29 is 22.8 Å². The number of hydrogen-bond donors (Lipinski definition) is 1. The largest absolute Gasteiger partial charge is 0.416 e. The molecule has 6 nitrogen and oxygen atoms in total. The number of thioether (sulfide) groups is 1. The van der Waals surface area contributed by atoms with Gasteiger partial charge in [0.15, 0.2) is 0 Å². The predicted octanol–water partition coefficient (Wildman–Crippen LogP) is 5.17. The summed E-state index contributed by atoms with van der Waals surface area (Å²) in [6, 6.07) is 8.82. The summed E-state index contributed by atoms with van der Waals surface area (Å²) in [6.45, 7) is 0.241. The summed E-state index contributed by atoms with van der Waals surface area (Å²) in [6.07, 6.45) is -1.40. The number of carbonyl (C=O) groups is 2. The maximum Gasteiger partial charge on any atom is 0.416 e. The van der Waals surface area contributed by atoms with E-state index >= 15 is 0 Å². The van der Waals surface area contributed by atoms with Crippen molar-refractivity contribution in [1.82, 2.24) is 14.7 Å². The Morgan fingerprint density at radius 2 is 1.91 bits per heavy atom. The van der Waals surface area contributed by atoms with Gasteiger partial charge in [0.05, 0.1) is 28.7 Å². The van der Waals surface area contributed by atoms with Crippen LogP contribution in [0.5, 0.6) is 0 Å². The van der Waals surface area contributed by atoms with Gasteiger partial charge in [-0.2, -0.15) is 18.3 Å². The van der Waals surface area contributed by atoms with E-state index in [1.807, 2.05) is 0 Å². The summed E-state index contributed by atoms with van der Waals surface area (Å²) in [5.41, 5.74) is 5.97.